The molecule has 0 bridgehead atoms. The van der Waals surface area contributed by atoms with Gasteiger partial charge in [-0.1, -0.05) is 25.5 Å². The molecule has 25 heavy (non-hydrogen) atoms. The quantitative estimate of drug-likeness (QED) is 0.537. The van der Waals surface area contributed by atoms with Crippen LogP contribution in [0, 0.1) is 0 Å². The van der Waals surface area contributed by atoms with Crippen LogP contribution in [0.4, 0.5) is 4.79 Å². The third kappa shape index (κ3) is 4.79. The highest BCUT2D eigenvalue weighted by molar-refractivity contribution is 6.22. The number of unbranched alkanes of at least 4 members (excludes halogenated alkanes) is 1. The topological polar surface area (TPSA) is 105 Å². The van der Waals surface area contributed by atoms with E-state index in [1.165, 1.54) is 0 Å². The number of hydrogen-bond acceptors (Lipinski definition) is 5. The number of rotatable bonds is 8. The van der Waals surface area contributed by atoms with E-state index >= 15 is 0 Å². The van der Waals surface area contributed by atoms with Crippen molar-refractivity contribution in [3.63, 3.8) is 0 Å². The van der Waals surface area contributed by atoms with Crippen LogP contribution in [0.2, 0.25) is 0 Å². The maximum Gasteiger partial charge on any atom is 0.407 e. The molecule has 134 valence electrons. The number of alkyl carbamates (subject to hydrolysis) is 1. The number of ether oxygens (including phenoxy) is 1. The van der Waals surface area contributed by atoms with Crippen molar-refractivity contribution in [1.82, 2.24) is 15.5 Å². The lowest BCUT2D eigenvalue weighted by molar-refractivity contribution is -0.121. The number of nitrogens with one attached hydrogen (secondary N) is 2. The Morgan fingerprint density at radius 1 is 1.04 bits per heavy atom. The van der Waals surface area contributed by atoms with Gasteiger partial charge in [0.15, 0.2) is 0 Å². The predicted octanol–water partition coefficient (Wildman–Crippen LogP) is 0.925. The van der Waals surface area contributed by atoms with E-state index in [-0.39, 0.29) is 19.6 Å². The van der Waals surface area contributed by atoms with E-state index in [1.54, 1.807) is 24.3 Å². The normalized spacial score (nSPS) is 12.8. The zero-order chi connectivity index (χ0) is 18.2. The molecule has 0 aromatic heterocycles. The Hall–Kier alpha value is -2.90. The summed E-state index contributed by atoms with van der Waals surface area (Å²) in [6.07, 6.45) is 1.19. The lowest BCUT2D eigenvalue weighted by atomic mass is 10.1. The van der Waals surface area contributed by atoms with E-state index in [0.717, 1.165) is 17.7 Å². The molecule has 0 saturated carbocycles. The van der Waals surface area contributed by atoms with Crippen molar-refractivity contribution in [3.05, 3.63) is 35.4 Å². The van der Waals surface area contributed by atoms with Crippen LogP contribution < -0.4 is 10.6 Å². The Morgan fingerprint density at radius 3 is 2.24 bits per heavy atom. The molecule has 1 heterocycles. The van der Waals surface area contributed by atoms with Gasteiger partial charge in [0.1, 0.15) is 6.54 Å². The summed E-state index contributed by atoms with van der Waals surface area (Å²) in [6.45, 7) is 2.36. The lowest BCUT2D eigenvalue weighted by Crippen LogP contribution is -2.42. The van der Waals surface area contributed by atoms with Gasteiger partial charge in [-0.3, -0.25) is 19.3 Å². The number of carbonyl (C=O) groups is 4. The van der Waals surface area contributed by atoms with Crippen molar-refractivity contribution in [2.75, 3.05) is 26.2 Å². The lowest BCUT2D eigenvalue weighted by Gasteiger charge is -2.13. The van der Waals surface area contributed by atoms with Gasteiger partial charge in [-0.15, -0.1) is 0 Å². The first kappa shape index (κ1) is 18.4. The van der Waals surface area contributed by atoms with Crippen LogP contribution in [-0.2, 0) is 9.53 Å². The fourth-order valence-electron chi connectivity index (χ4n) is 2.31. The van der Waals surface area contributed by atoms with Gasteiger partial charge in [-0.05, 0) is 18.6 Å². The maximum absolute atomic E-state index is 12.1. The van der Waals surface area contributed by atoms with Crippen LogP contribution >= 0.6 is 0 Å². The molecule has 0 radical (unpaired) electrons. The predicted molar refractivity (Wildman–Crippen MR) is 89.1 cm³/mol. The molecule has 1 aromatic rings. The summed E-state index contributed by atoms with van der Waals surface area (Å²) >= 11 is 0. The fraction of sp³-hybridized carbons (Fsp3) is 0.412. The minimum absolute atomic E-state index is 0.172. The van der Waals surface area contributed by atoms with Gasteiger partial charge >= 0.3 is 6.09 Å². The summed E-state index contributed by atoms with van der Waals surface area (Å²) in [7, 11) is 0. The molecule has 1 aliphatic rings. The Bertz CT molecular complexity index is 639. The molecule has 0 fully saturated rings. The number of fused-ring (bicyclic) bond motifs is 1. The molecule has 2 N–H and O–H groups in total. The Labute approximate surface area is 145 Å². The van der Waals surface area contributed by atoms with Crippen LogP contribution in [0.15, 0.2) is 24.3 Å². The van der Waals surface area contributed by atoms with Crippen LogP contribution in [0.3, 0.4) is 0 Å². The van der Waals surface area contributed by atoms with Crippen molar-refractivity contribution in [3.8, 4) is 0 Å². The zero-order valence-corrected chi connectivity index (χ0v) is 14.0. The Morgan fingerprint density at radius 2 is 1.64 bits per heavy atom. The van der Waals surface area contributed by atoms with E-state index in [0.29, 0.717) is 17.7 Å². The van der Waals surface area contributed by atoms with Crippen LogP contribution in [-0.4, -0.2) is 55.0 Å². The first-order chi connectivity index (χ1) is 12.0. The zero-order valence-electron chi connectivity index (χ0n) is 14.0. The minimum Gasteiger partial charge on any atom is -0.450 e. The van der Waals surface area contributed by atoms with Gasteiger partial charge in [0.25, 0.3) is 11.8 Å². The first-order valence-corrected chi connectivity index (χ1v) is 8.17. The van der Waals surface area contributed by atoms with Crippen molar-refractivity contribution < 1.29 is 23.9 Å². The fourth-order valence-corrected chi connectivity index (χ4v) is 2.31. The smallest absolute Gasteiger partial charge is 0.407 e. The summed E-state index contributed by atoms with van der Waals surface area (Å²) in [5.74, 6) is -1.43. The molecule has 1 aromatic carbocycles. The highest BCUT2D eigenvalue weighted by Gasteiger charge is 2.36. The van der Waals surface area contributed by atoms with E-state index in [2.05, 4.69) is 10.6 Å². The van der Waals surface area contributed by atoms with Crippen molar-refractivity contribution >= 4 is 23.8 Å². The largest absolute Gasteiger partial charge is 0.450 e. The summed E-state index contributed by atoms with van der Waals surface area (Å²) in [6, 6.07) is 6.45. The highest BCUT2D eigenvalue weighted by Crippen LogP contribution is 2.21. The molecule has 4 amide bonds. The Kier molecular flexibility index (Phi) is 6.50. The highest BCUT2D eigenvalue weighted by atomic mass is 16.5. The van der Waals surface area contributed by atoms with Gasteiger partial charge < -0.3 is 15.4 Å². The molecular weight excluding hydrogens is 326 g/mol. The first-order valence-electron chi connectivity index (χ1n) is 8.17. The molecule has 0 saturated heterocycles. The molecule has 8 heteroatoms. The van der Waals surface area contributed by atoms with E-state index in [9.17, 15) is 19.2 Å². The third-order valence-corrected chi connectivity index (χ3v) is 3.63. The number of nitrogens with zero attached hydrogens (tertiary/aromatic N) is 1. The average molecular weight is 347 g/mol. The SMILES string of the molecule is CCCCOC(=O)NCCNC(=O)CN1C(=O)c2ccccc2C1=O. The van der Waals surface area contributed by atoms with Gasteiger partial charge in [0, 0.05) is 13.1 Å². The van der Waals surface area contributed by atoms with Crippen molar-refractivity contribution in [2.24, 2.45) is 0 Å². The van der Waals surface area contributed by atoms with Crippen LogP contribution in [0.25, 0.3) is 0 Å². The van der Waals surface area contributed by atoms with E-state index in [1.807, 2.05) is 6.92 Å². The standard InChI is InChI=1S/C17H21N3O5/c1-2-3-10-25-17(24)19-9-8-18-14(21)11-20-15(22)12-6-4-5-7-13(12)16(20)23/h4-7H,2-3,8-11H2,1H3,(H,18,21)(H,19,24). The molecule has 2 rings (SSSR count). The van der Waals surface area contributed by atoms with Gasteiger partial charge in [-0.25, -0.2) is 4.79 Å². The molecule has 0 spiro atoms. The number of benzene rings is 1. The number of imide groups is 1. The number of hydrogen-bond donors (Lipinski definition) is 2. The van der Waals surface area contributed by atoms with Gasteiger partial charge in [0.2, 0.25) is 5.91 Å². The van der Waals surface area contributed by atoms with Crippen molar-refractivity contribution in [1.29, 1.82) is 0 Å². The van der Waals surface area contributed by atoms with Crippen molar-refractivity contribution in [2.45, 2.75) is 19.8 Å². The van der Waals surface area contributed by atoms with E-state index in [4.69, 9.17) is 4.74 Å². The second-order valence-corrected chi connectivity index (χ2v) is 5.51. The van der Waals surface area contributed by atoms with Crippen LogP contribution in [0.5, 0.6) is 0 Å². The molecule has 0 atom stereocenters. The second kappa shape index (κ2) is 8.81. The maximum atomic E-state index is 12.1. The molecule has 1 aliphatic heterocycles. The summed E-state index contributed by atoms with van der Waals surface area (Å²) in [5, 5.41) is 5.04. The van der Waals surface area contributed by atoms with Gasteiger partial charge in [-0.2, -0.15) is 0 Å². The Balaban J connectivity index is 1.70. The summed E-state index contributed by atoms with van der Waals surface area (Å²) < 4.78 is 4.90. The summed E-state index contributed by atoms with van der Waals surface area (Å²) in [4.78, 5) is 48.4. The summed E-state index contributed by atoms with van der Waals surface area (Å²) in [5.41, 5.74) is 0.605. The molecule has 8 nitrogen and oxygen atoms in total. The third-order valence-electron chi connectivity index (χ3n) is 3.63. The number of carbonyl (C=O) groups excluding carboxylic acids is 4. The molecular formula is C17H21N3O5. The minimum atomic E-state index is -0.539. The average Bonchev–Trinajstić information content (AvgIpc) is 2.84. The van der Waals surface area contributed by atoms with Crippen LogP contribution in [0.1, 0.15) is 40.5 Å². The van der Waals surface area contributed by atoms with E-state index < -0.39 is 23.8 Å². The monoisotopic (exact) mass is 347 g/mol. The molecule has 0 aliphatic carbocycles. The van der Waals surface area contributed by atoms with Gasteiger partial charge in [0.05, 0.1) is 17.7 Å². The molecule has 0 unspecified atom stereocenters. The number of amides is 4. The second-order valence-electron chi connectivity index (χ2n) is 5.51.